The molecule has 4 amide bonds. The van der Waals surface area contributed by atoms with Crippen LogP contribution >= 0.6 is 11.3 Å². The summed E-state index contributed by atoms with van der Waals surface area (Å²) in [6.07, 6.45) is -0.824. The summed E-state index contributed by atoms with van der Waals surface area (Å²) in [5, 5.41) is 19.0. The zero-order chi connectivity index (χ0) is 32.6. The van der Waals surface area contributed by atoms with Crippen molar-refractivity contribution in [3.05, 3.63) is 41.0 Å². The molecule has 44 heavy (non-hydrogen) atoms. The first-order valence-electron chi connectivity index (χ1n) is 15.0. The Bertz CT molecular complexity index is 1390. The van der Waals surface area contributed by atoms with Crippen molar-refractivity contribution in [2.24, 2.45) is 5.41 Å². The van der Waals surface area contributed by atoms with Crippen LogP contribution in [0.25, 0.3) is 10.4 Å². The largest absolute Gasteiger partial charge is 0.391 e. The van der Waals surface area contributed by atoms with Gasteiger partial charge < -0.3 is 26.0 Å². The minimum Gasteiger partial charge on any atom is -0.391 e. The number of benzene rings is 1. The number of aryl methyl sites for hydroxylation is 1. The highest BCUT2D eigenvalue weighted by molar-refractivity contribution is 7.13. The van der Waals surface area contributed by atoms with Crippen molar-refractivity contribution in [1.29, 1.82) is 0 Å². The van der Waals surface area contributed by atoms with E-state index in [1.165, 1.54) is 16.2 Å². The second kappa shape index (κ2) is 12.5. The highest BCUT2D eigenvalue weighted by atomic mass is 32.1. The summed E-state index contributed by atoms with van der Waals surface area (Å²) in [5.74, 6) is -2.21. The van der Waals surface area contributed by atoms with E-state index in [2.05, 4.69) is 20.9 Å². The molecule has 0 spiro atoms. The molecule has 4 atom stereocenters. The predicted molar refractivity (Wildman–Crippen MR) is 166 cm³/mol. The molecule has 1 aliphatic carbocycles. The van der Waals surface area contributed by atoms with Crippen LogP contribution in [0.4, 0.5) is 4.39 Å². The number of amides is 4. The molecule has 1 saturated carbocycles. The van der Waals surface area contributed by atoms with Gasteiger partial charge in [0, 0.05) is 18.5 Å². The molecule has 2 aromatic rings. The second-order valence-corrected chi connectivity index (χ2v) is 14.9. The van der Waals surface area contributed by atoms with Crippen molar-refractivity contribution in [2.45, 2.75) is 110 Å². The van der Waals surface area contributed by atoms with Crippen LogP contribution in [0.15, 0.2) is 29.8 Å². The summed E-state index contributed by atoms with van der Waals surface area (Å²) >= 11 is 1.52. The first kappa shape index (κ1) is 33.5. The van der Waals surface area contributed by atoms with Crippen LogP contribution in [0, 0.1) is 12.3 Å². The number of carbonyl (C=O) groups excluding carboxylic acids is 4. The van der Waals surface area contributed by atoms with Gasteiger partial charge in [-0.2, -0.15) is 0 Å². The molecule has 240 valence electrons. The van der Waals surface area contributed by atoms with E-state index in [1.54, 1.807) is 26.3 Å². The van der Waals surface area contributed by atoms with E-state index in [4.69, 9.17) is 0 Å². The highest BCUT2D eigenvalue weighted by Crippen LogP contribution is 2.40. The maximum atomic E-state index is 14.5. The van der Waals surface area contributed by atoms with Gasteiger partial charge in [0.05, 0.1) is 34.6 Å². The molecule has 2 aliphatic rings. The smallest absolute Gasteiger partial charge is 0.258 e. The van der Waals surface area contributed by atoms with Crippen LogP contribution in [0.3, 0.4) is 0 Å². The Labute approximate surface area is 262 Å². The van der Waals surface area contributed by atoms with Gasteiger partial charge in [-0.15, -0.1) is 11.3 Å². The summed E-state index contributed by atoms with van der Waals surface area (Å²) in [4.78, 5) is 59.8. The fraction of sp³-hybridized carbons (Fsp3) is 0.594. The summed E-state index contributed by atoms with van der Waals surface area (Å²) in [6.45, 7) is 12.7. The number of nitrogens with one attached hydrogen (secondary N) is 3. The maximum Gasteiger partial charge on any atom is 0.258 e. The number of carbonyl (C=O) groups is 4. The molecule has 1 aromatic heterocycles. The number of aliphatic hydroxyl groups is 1. The number of likely N-dealkylation sites (tertiary alicyclic amines) is 1. The Morgan fingerprint density at radius 3 is 2.25 bits per heavy atom. The quantitative estimate of drug-likeness (QED) is 0.334. The zero-order valence-electron chi connectivity index (χ0n) is 26.5. The molecule has 1 aliphatic heterocycles. The van der Waals surface area contributed by atoms with Crippen LogP contribution in [0.5, 0.6) is 0 Å². The van der Waals surface area contributed by atoms with Gasteiger partial charge >= 0.3 is 0 Å². The molecular formula is C32H44FN5O5S. The SMILES string of the molecule is Cc1ncsc1-c1ccc([C@H](CC(=O)NC(C)(C)C)NC(=O)[C@@H]2C[C@@H](O)CN2C(=O)[C@@H](NC(=O)C2(F)CC2)C(C)(C)C)cc1. The average Bonchev–Trinajstić information content (AvgIpc) is 3.32. The molecule has 10 nitrogen and oxygen atoms in total. The van der Waals surface area contributed by atoms with Crippen molar-refractivity contribution in [3.63, 3.8) is 0 Å². The number of nitrogens with zero attached hydrogens (tertiary/aromatic N) is 2. The highest BCUT2D eigenvalue weighted by Gasteiger charge is 2.53. The molecule has 2 heterocycles. The minimum atomic E-state index is -1.97. The molecule has 12 heteroatoms. The van der Waals surface area contributed by atoms with Crippen LogP contribution in [0.1, 0.15) is 84.5 Å². The lowest BCUT2D eigenvalue weighted by Crippen LogP contribution is -2.59. The predicted octanol–water partition coefficient (Wildman–Crippen LogP) is 3.58. The van der Waals surface area contributed by atoms with Gasteiger partial charge in [-0.05, 0) is 57.1 Å². The number of hydrogen-bond donors (Lipinski definition) is 4. The van der Waals surface area contributed by atoms with Crippen molar-refractivity contribution in [3.8, 4) is 10.4 Å². The van der Waals surface area contributed by atoms with Gasteiger partial charge in [0.2, 0.25) is 17.7 Å². The van der Waals surface area contributed by atoms with E-state index >= 15 is 0 Å². The van der Waals surface area contributed by atoms with Crippen molar-refractivity contribution in [1.82, 2.24) is 25.8 Å². The number of rotatable bonds is 9. The Hall–Kier alpha value is -3.38. The van der Waals surface area contributed by atoms with Crippen molar-refractivity contribution < 1.29 is 28.7 Å². The third-order valence-electron chi connectivity index (χ3n) is 7.89. The number of aromatic nitrogens is 1. The van der Waals surface area contributed by atoms with Gasteiger partial charge in [0.15, 0.2) is 5.67 Å². The second-order valence-electron chi connectivity index (χ2n) is 14.1. The van der Waals surface area contributed by atoms with E-state index in [0.717, 1.165) is 16.1 Å². The summed E-state index contributed by atoms with van der Waals surface area (Å²) in [6, 6.07) is 4.65. The summed E-state index contributed by atoms with van der Waals surface area (Å²) < 4.78 is 14.5. The lowest BCUT2D eigenvalue weighted by atomic mass is 9.85. The molecule has 2 fully saturated rings. The molecule has 1 saturated heterocycles. The van der Waals surface area contributed by atoms with Crippen LogP contribution in [0.2, 0.25) is 0 Å². The Balaban J connectivity index is 1.57. The van der Waals surface area contributed by atoms with E-state index in [-0.39, 0.29) is 38.1 Å². The number of aliphatic hydroxyl groups excluding tert-OH is 1. The average molecular weight is 630 g/mol. The van der Waals surface area contributed by atoms with E-state index in [9.17, 15) is 28.7 Å². The fourth-order valence-corrected chi connectivity index (χ4v) is 6.15. The molecule has 4 rings (SSSR count). The monoisotopic (exact) mass is 629 g/mol. The van der Waals surface area contributed by atoms with Gasteiger partial charge in [-0.25, -0.2) is 9.37 Å². The lowest BCUT2D eigenvalue weighted by molar-refractivity contribution is -0.145. The van der Waals surface area contributed by atoms with Crippen LogP contribution in [-0.2, 0) is 19.2 Å². The first-order valence-corrected chi connectivity index (χ1v) is 15.9. The normalized spacial score (nSPS) is 20.9. The van der Waals surface area contributed by atoms with E-state index < -0.39 is 58.6 Å². The number of halogens is 1. The Morgan fingerprint density at radius 2 is 1.73 bits per heavy atom. The van der Waals surface area contributed by atoms with Crippen LogP contribution in [-0.4, -0.2) is 74.6 Å². The van der Waals surface area contributed by atoms with Gasteiger partial charge in [-0.3, -0.25) is 19.2 Å². The number of thiazole rings is 1. The fourth-order valence-electron chi connectivity index (χ4n) is 5.34. The number of β-amino-alcohol motifs (C(OH)–C–C–N with tert-alkyl or cyclic N) is 1. The minimum absolute atomic E-state index is 0.0140. The number of alkyl halides is 1. The van der Waals surface area contributed by atoms with Crippen molar-refractivity contribution >= 4 is 35.0 Å². The van der Waals surface area contributed by atoms with E-state index in [0.29, 0.717) is 5.56 Å². The number of hydrogen-bond acceptors (Lipinski definition) is 7. The molecule has 0 radical (unpaired) electrons. The zero-order valence-corrected chi connectivity index (χ0v) is 27.3. The molecular weight excluding hydrogens is 585 g/mol. The molecule has 1 aromatic carbocycles. The van der Waals surface area contributed by atoms with Gasteiger partial charge in [-0.1, -0.05) is 45.0 Å². The lowest BCUT2D eigenvalue weighted by Gasteiger charge is -2.36. The molecule has 0 bridgehead atoms. The third kappa shape index (κ3) is 8.01. The van der Waals surface area contributed by atoms with Gasteiger partial charge in [0.25, 0.3) is 5.91 Å². The first-order chi connectivity index (χ1) is 20.4. The summed E-state index contributed by atoms with van der Waals surface area (Å²) in [7, 11) is 0. The Morgan fingerprint density at radius 1 is 1.09 bits per heavy atom. The standard InChI is InChI=1S/C32H44FN5O5S/c1-18-25(44-17-34-18)20-10-8-19(9-11-20)22(15-24(40)37-31(5,6)7)35-27(41)23-14-21(39)16-38(23)28(42)26(30(2,3)4)36-29(43)32(33)12-13-32/h8-11,17,21-23,26,39H,12-16H2,1-7H3,(H,35,41)(H,36,43)(H,37,40)/t21-,22+,23+,26-/m1/s1. The van der Waals surface area contributed by atoms with Crippen molar-refractivity contribution in [2.75, 3.05) is 6.54 Å². The maximum absolute atomic E-state index is 14.5. The molecule has 4 N–H and O–H groups in total. The Kier molecular flexibility index (Phi) is 9.56. The molecule has 0 unspecified atom stereocenters. The topological polar surface area (TPSA) is 141 Å². The summed E-state index contributed by atoms with van der Waals surface area (Å²) in [5.41, 5.74) is 1.10. The van der Waals surface area contributed by atoms with Gasteiger partial charge in [0.1, 0.15) is 12.1 Å². The third-order valence-corrected chi connectivity index (χ3v) is 8.87. The van der Waals surface area contributed by atoms with Crippen LogP contribution < -0.4 is 16.0 Å². The van der Waals surface area contributed by atoms with E-state index in [1.807, 2.05) is 52.0 Å².